The van der Waals surface area contributed by atoms with Gasteiger partial charge < -0.3 is 14.7 Å². The highest BCUT2D eigenvalue weighted by molar-refractivity contribution is 5.87. The molecule has 0 aliphatic carbocycles. The summed E-state index contributed by atoms with van der Waals surface area (Å²) < 4.78 is 5.62. The van der Waals surface area contributed by atoms with E-state index < -0.39 is 11.5 Å². The van der Waals surface area contributed by atoms with Crippen LogP contribution < -0.4 is 0 Å². The number of aliphatic carboxylic acids is 1. The average molecular weight is 269 g/mol. The molecule has 1 aliphatic rings. The molecule has 2 unspecified atom stereocenters. The molecule has 1 aliphatic heterocycles. The van der Waals surface area contributed by atoms with Gasteiger partial charge in [0.05, 0.1) is 6.10 Å². The maximum atomic E-state index is 11.8. The summed E-state index contributed by atoms with van der Waals surface area (Å²) in [5.74, 6) is -1.07. The lowest BCUT2D eigenvalue weighted by Gasteiger charge is -2.46. The summed E-state index contributed by atoms with van der Waals surface area (Å²) in [7, 11) is 0. The van der Waals surface area contributed by atoms with Crippen molar-refractivity contribution < 1.29 is 19.4 Å². The monoisotopic (exact) mass is 269 g/mol. The second-order valence-electron chi connectivity index (χ2n) is 5.53. The van der Waals surface area contributed by atoms with Crippen molar-refractivity contribution >= 4 is 11.9 Å². The highest BCUT2D eigenvalue weighted by Crippen LogP contribution is 2.36. The van der Waals surface area contributed by atoms with Crippen LogP contribution in [0.5, 0.6) is 0 Å². The third-order valence-corrected chi connectivity index (χ3v) is 3.65. The first kappa shape index (κ1) is 15.7. The van der Waals surface area contributed by atoms with Crippen LogP contribution in [0.25, 0.3) is 0 Å². The second-order valence-corrected chi connectivity index (χ2v) is 5.53. The number of hydrogen-bond acceptors (Lipinski definition) is 3. The van der Waals surface area contributed by atoms with Crippen LogP contribution in [-0.4, -0.2) is 40.1 Å². The van der Waals surface area contributed by atoms with Crippen molar-refractivity contribution in [1.29, 1.82) is 0 Å². The molecule has 0 saturated carbocycles. The van der Waals surface area contributed by atoms with Crippen LogP contribution in [0.2, 0.25) is 0 Å². The lowest BCUT2D eigenvalue weighted by molar-refractivity contribution is -0.168. The predicted molar refractivity (Wildman–Crippen MR) is 71.5 cm³/mol. The fourth-order valence-electron chi connectivity index (χ4n) is 2.73. The van der Waals surface area contributed by atoms with E-state index in [1.807, 2.05) is 13.8 Å². The van der Waals surface area contributed by atoms with Crippen molar-refractivity contribution in [2.75, 3.05) is 6.61 Å². The number of carboxylic acids is 1. The number of allylic oxidation sites excluding steroid dienone is 1. The topological polar surface area (TPSA) is 66.8 Å². The molecule has 1 rings (SSSR count). The Morgan fingerprint density at radius 1 is 1.42 bits per heavy atom. The minimum absolute atomic E-state index is 0.161. The van der Waals surface area contributed by atoms with Crippen LogP contribution in [0.3, 0.4) is 0 Å². The third-order valence-electron chi connectivity index (χ3n) is 3.65. The van der Waals surface area contributed by atoms with Gasteiger partial charge in [0.15, 0.2) is 0 Å². The van der Waals surface area contributed by atoms with E-state index in [-0.39, 0.29) is 24.3 Å². The van der Waals surface area contributed by atoms with Gasteiger partial charge in [0, 0.05) is 32.1 Å². The lowest BCUT2D eigenvalue weighted by Crippen LogP contribution is -2.60. The fraction of sp³-hybridized carbons (Fsp3) is 0.714. The van der Waals surface area contributed by atoms with Gasteiger partial charge in [-0.3, -0.25) is 4.79 Å². The average Bonchev–Trinajstić information content (AvgIpc) is 2.27. The summed E-state index contributed by atoms with van der Waals surface area (Å²) in [6.07, 6.45) is 0.427. The van der Waals surface area contributed by atoms with Gasteiger partial charge in [-0.1, -0.05) is 20.4 Å². The van der Waals surface area contributed by atoms with E-state index in [0.29, 0.717) is 18.7 Å². The number of carbonyl (C=O) groups excluding carboxylic acids is 1. The molecule has 1 saturated heterocycles. The van der Waals surface area contributed by atoms with Crippen LogP contribution in [0.15, 0.2) is 12.3 Å². The van der Waals surface area contributed by atoms with Gasteiger partial charge in [0.1, 0.15) is 5.54 Å². The van der Waals surface area contributed by atoms with Crippen molar-refractivity contribution in [3.05, 3.63) is 12.3 Å². The Balaban J connectivity index is 3.19. The smallest absolute Gasteiger partial charge is 0.330 e. The minimum Gasteiger partial charge on any atom is -0.479 e. The minimum atomic E-state index is -1.23. The quantitative estimate of drug-likeness (QED) is 0.848. The Morgan fingerprint density at radius 3 is 2.37 bits per heavy atom. The standard InChI is InChI=1S/C14H23NO4/c1-9(2)12-8-14(13(17)18,6-7-19-12)15(10(3)4)11(5)16/h9,12H,3,6-8H2,1-2,4-5H3,(H,17,18). The van der Waals surface area contributed by atoms with Gasteiger partial charge in [-0.25, -0.2) is 4.79 Å². The largest absolute Gasteiger partial charge is 0.479 e. The van der Waals surface area contributed by atoms with Crippen LogP contribution in [0, 0.1) is 5.92 Å². The number of nitrogens with zero attached hydrogens (tertiary/aromatic N) is 1. The van der Waals surface area contributed by atoms with Gasteiger partial charge in [0.25, 0.3) is 0 Å². The van der Waals surface area contributed by atoms with Gasteiger partial charge in [-0.2, -0.15) is 0 Å². The van der Waals surface area contributed by atoms with Gasteiger partial charge in [-0.05, 0) is 12.8 Å². The maximum Gasteiger partial charge on any atom is 0.330 e. The zero-order chi connectivity index (χ0) is 14.8. The first-order chi connectivity index (χ1) is 8.72. The van der Waals surface area contributed by atoms with Crippen molar-refractivity contribution in [3.8, 4) is 0 Å². The molecule has 0 aromatic carbocycles. The predicted octanol–water partition coefficient (Wildman–Crippen LogP) is 2.03. The molecule has 108 valence electrons. The summed E-state index contributed by atoms with van der Waals surface area (Å²) in [5, 5.41) is 9.67. The third kappa shape index (κ3) is 2.97. The maximum absolute atomic E-state index is 11.8. The number of hydrogen-bond donors (Lipinski definition) is 1. The molecule has 1 fully saturated rings. The van der Waals surface area contributed by atoms with E-state index >= 15 is 0 Å². The first-order valence-corrected chi connectivity index (χ1v) is 6.53. The Morgan fingerprint density at radius 2 is 2.00 bits per heavy atom. The normalized spacial score (nSPS) is 27.1. The van der Waals surface area contributed by atoms with Crippen molar-refractivity contribution in [2.24, 2.45) is 5.92 Å². The Labute approximate surface area is 114 Å². The van der Waals surface area contributed by atoms with E-state index in [4.69, 9.17) is 4.74 Å². The van der Waals surface area contributed by atoms with E-state index in [0.717, 1.165) is 0 Å². The second kappa shape index (κ2) is 5.74. The fourth-order valence-corrected chi connectivity index (χ4v) is 2.73. The molecule has 1 amide bonds. The number of carboxylic acid groups (broad SMARTS) is 1. The summed E-state index contributed by atoms with van der Waals surface area (Å²) in [6, 6.07) is 0. The summed E-state index contributed by atoms with van der Waals surface area (Å²) in [5.41, 5.74) is -0.774. The Hall–Kier alpha value is -1.36. The van der Waals surface area contributed by atoms with Crippen molar-refractivity contribution in [1.82, 2.24) is 4.90 Å². The number of ether oxygens (including phenoxy) is 1. The van der Waals surface area contributed by atoms with Crippen LogP contribution in [-0.2, 0) is 14.3 Å². The summed E-state index contributed by atoms with van der Waals surface area (Å²) in [6.45, 7) is 11.1. The molecule has 0 bridgehead atoms. The molecular weight excluding hydrogens is 246 g/mol. The van der Waals surface area contributed by atoms with E-state index in [2.05, 4.69) is 6.58 Å². The van der Waals surface area contributed by atoms with Crippen LogP contribution in [0.4, 0.5) is 0 Å². The van der Waals surface area contributed by atoms with Crippen molar-refractivity contribution in [3.63, 3.8) is 0 Å². The zero-order valence-electron chi connectivity index (χ0n) is 12.1. The number of amides is 1. The molecule has 0 aromatic heterocycles. The molecule has 2 atom stereocenters. The van der Waals surface area contributed by atoms with Crippen LogP contribution >= 0.6 is 0 Å². The number of carbonyl (C=O) groups is 2. The first-order valence-electron chi connectivity index (χ1n) is 6.53. The molecule has 1 N–H and O–H groups in total. The molecule has 0 aromatic rings. The van der Waals surface area contributed by atoms with Gasteiger partial charge in [0.2, 0.25) is 5.91 Å². The molecule has 0 radical (unpaired) electrons. The highest BCUT2D eigenvalue weighted by Gasteiger charge is 2.50. The Bertz CT molecular complexity index is 377. The molecule has 0 spiro atoms. The van der Waals surface area contributed by atoms with Gasteiger partial charge in [-0.15, -0.1) is 0 Å². The summed E-state index contributed by atoms with van der Waals surface area (Å²) in [4.78, 5) is 24.9. The van der Waals surface area contributed by atoms with E-state index in [1.165, 1.54) is 11.8 Å². The molecule has 5 heteroatoms. The SMILES string of the molecule is C=C(C)N(C(C)=O)C1(C(=O)O)CCOC(C(C)C)C1. The van der Waals surface area contributed by atoms with E-state index in [9.17, 15) is 14.7 Å². The Kier molecular flexibility index (Phi) is 4.74. The van der Waals surface area contributed by atoms with E-state index in [1.54, 1.807) is 6.92 Å². The van der Waals surface area contributed by atoms with Crippen LogP contribution in [0.1, 0.15) is 40.5 Å². The molecule has 1 heterocycles. The molecule has 5 nitrogen and oxygen atoms in total. The number of rotatable bonds is 4. The molecule has 19 heavy (non-hydrogen) atoms. The lowest BCUT2D eigenvalue weighted by atomic mass is 9.81. The highest BCUT2D eigenvalue weighted by atomic mass is 16.5. The summed E-state index contributed by atoms with van der Waals surface area (Å²) >= 11 is 0. The molecular formula is C14H23NO4. The zero-order valence-corrected chi connectivity index (χ0v) is 12.1. The van der Waals surface area contributed by atoms with Crippen molar-refractivity contribution in [2.45, 2.75) is 52.2 Å². The van der Waals surface area contributed by atoms with Gasteiger partial charge >= 0.3 is 5.97 Å².